The van der Waals surface area contributed by atoms with Crippen LogP contribution in [0.4, 0.5) is 31.9 Å². The number of nitrogens with two attached hydrogens (primary N) is 1. The fourth-order valence-corrected chi connectivity index (χ4v) is 4.00. The van der Waals surface area contributed by atoms with Gasteiger partial charge in [-0.2, -0.15) is 13.8 Å². The number of primary sulfonamides is 1. The second kappa shape index (κ2) is 9.57. The minimum absolute atomic E-state index is 0.00135. The Labute approximate surface area is 194 Å². The second-order valence-corrected chi connectivity index (χ2v) is 8.82. The van der Waals surface area contributed by atoms with Crippen molar-refractivity contribution in [1.82, 2.24) is 9.97 Å². The van der Waals surface area contributed by atoms with E-state index in [1.165, 1.54) is 23.1 Å². The molecule has 13 heteroatoms. The summed E-state index contributed by atoms with van der Waals surface area (Å²) in [4.78, 5) is 24.0. The molecule has 10 nitrogen and oxygen atoms in total. The summed E-state index contributed by atoms with van der Waals surface area (Å²) >= 11 is 0. The number of sulfonamides is 1. The zero-order valence-electron chi connectivity index (χ0n) is 17.6. The Morgan fingerprint density at radius 3 is 2.53 bits per heavy atom. The zero-order chi connectivity index (χ0) is 24.3. The van der Waals surface area contributed by atoms with Crippen molar-refractivity contribution < 1.29 is 26.7 Å². The topological polar surface area (TPSA) is 131 Å². The van der Waals surface area contributed by atoms with Crippen molar-refractivity contribution in [3.8, 4) is 5.75 Å². The van der Waals surface area contributed by atoms with Gasteiger partial charge in [-0.15, -0.1) is 0 Å². The highest BCUT2D eigenvalue weighted by molar-refractivity contribution is 7.89. The monoisotopic (exact) mass is 490 g/mol. The molecule has 0 spiro atoms. The third kappa shape index (κ3) is 5.38. The first-order chi connectivity index (χ1) is 16.2. The van der Waals surface area contributed by atoms with Crippen molar-refractivity contribution >= 4 is 39.1 Å². The van der Waals surface area contributed by atoms with Crippen LogP contribution in [0, 0.1) is 0 Å². The van der Waals surface area contributed by atoms with Crippen molar-refractivity contribution in [2.45, 2.75) is 11.5 Å². The number of alkyl halides is 2. The van der Waals surface area contributed by atoms with Crippen LogP contribution < -0.4 is 25.0 Å². The second-order valence-electron chi connectivity index (χ2n) is 7.26. The number of hydrogen-bond donors (Lipinski definition) is 2. The SMILES string of the molecule is NS(=O)(=O)c1cccc(Nc2ncc(OC(F)F)c(N3CCN(c4ccccc4)C(=O)C3)n2)c1. The first-order valence-corrected chi connectivity index (χ1v) is 11.6. The highest BCUT2D eigenvalue weighted by Gasteiger charge is 2.29. The molecule has 2 aromatic carbocycles. The van der Waals surface area contributed by atoms with E-state index in [9.17, 15) is 22.0 Å². The molecule has 178 valence electrons. The van der Waals surface area contributed by atoms with E-state index in [2.05, 4.69) is 20.0 Å². The summed E-state index contributed by atoms with van der Waals surface area (Å²) in [6.07, 6.45) is 1.06. The molecular weight excluding hydrogens is 470 g/mol. The van der Waals surface area contributed by atoms with Gasteiger partial charge < -0.3 is 19.9 Å². The largest absolute Gasteiger partial charge is 0.429 e. The maximum absolute atomic E-state index is 13.0. The van der Waals surface area contributed by atoms with E-state index in [0.29, 0.717) is 18.8 Å². The number of halogens is 2. The van der Waals surface area contributed by atoms with Crippen molar-refractivity contribution in [1.29, 1.82) is 0 Å². The maximum Gasteiger partial charge on any atom is 0.387 e. The molecule has 2 heterocycles. The molecule has 1 aliphatic rings. The number of para-hydroxylation sites is 1. The lowest BCUT2D eigenvalue weighted by Crippen LogP contribution is -2.51. The standard InChI is InChI=1S/C21H20F2N6O4S/c22-20(23)33-17-12-25-21(26-14-5-4-8-16(11-14)34(24,31)32)27-19(17)28-9-10-29(18(30)13-28)15-6-2-1-3-7-15/h1-8,11-12,20H,9-10,13H2,(H2,24,31,32)(H,25,26,27). The molecule has 3 aromatic rings. The van der Waals surface area contributed by atoms with E-state index in [1.807, 2.05) is 18.2 Å². The Morgan fingerprint density at radius 2 is 1.85 bits per heavy atom. The van der Waals surface area contributed by atoms with Gasteiger partial charge in [0, 0.05) is 24.5 Å². The Hall–Kier alpha value is -3.84. The number of anilines is 4. The van der Waals surface area contributed by atoms with Crippen LogP contribution in [0.15, 0.2) is 65.7 Å². The number of amides is 1. The number of carbonyl (C=O) groups excluding carboxylic acids is 1. The van der Waals surface area contributed by atoms with Crippen LogP contribution in [0.3, 0.4) is 0 Å². The summed E-state index contributed by atoms with van der Waals surface area (Å²) in [5.41, 5.74) is 1.04. The molecule has 0 saturated carbocycles. The van der Waals surface area contributed by atoms with Crippen molar-refractivity contribution in [2.75, 3.05) is 34.8 Å². The Morgan fingerprint density at radius 1 is 1.09 bits per heavy atom. The first-order valence-electron chi connectivity index (χ1n) is 10.0. The average Bonchev–Trinajstić information content (AvgIpc) is 2.80. The zero-order valence-corrected chi connectivity index (χ0v) is 18.5. The fraction of sp³-hybridized carbons (Fsp3) is 0.190. The summed E-state index contributed by atoms with van der Waals surface area (Å²) in [7, 11) is -3.93. The van der Waals surface area contributed by atoms with Crippen LogP contribution in [0.5, 0.6) is 5.75 Å². The lowest BCUT2D eigenvalue weighted by atomic mass is 10.2. The van der Waals surface area contributed by atoms with Gasteiger partial charge in [-0.3, -0.25) is 4.79 Å². The fourth-order valence-electron chi connectivity index (χ4n) is 3.44. The molecule has 0 bridgehead atoms. The molecule has 1 aliphatic heterocycles. The minimum Gasteiger partial charge on any atom is -0.429 e. The van der Waals surface area contributed by atoms with Crippen LogP contribution in [-0.4, -0.2) is 50.5 Å². The number of benzene rings is 2. The van der Waals surface area contributed by atoms with Crippen LogP contribution in [0.25, 0.3) is 0 Å². The molecule has 1 aromatic heterocycles. The number of ether oxygens (including phenoxy) is 1. The van der Waals surface area contributed by atoms with E-state index in [-0.39, 0.29) is 34.9 Å². The number of aromatic nitrogens is 2. The van der Waals surface area contributed by atoms with Gasteiger partial charge in [-0.05, 0) is 30.3 Å². The quantitative estimate of drug-likeness (QED) is 0.516. The number of carbonyl (C=O) groups is 1. The third-order valence-electron chi connectivity index (χ3n) is 4.96. The molecule has 3 N–H and O–H groups in total. The number of nitrogens with one attached hydrogen (secondary N) is 1. The van der Waals surface area contributed by atoms with Gasteiger partial charge in [-0.1, -0.05) is 24.3 Å². The first kappa shape index (κ1) is 23.3. The minimum atomic E-state index is -3.93. The molecule has 0 atom stereocenters. The molecule has 34 heavy (non-hydrogen) atoms. The average molecular weight is 490 g/mol. The van der Waals surface area contributed by atoms with E-state index >= 15 is 0 Å². The summed E-state index contributed by atoms with van der Waals surface area (Å²) in [5, 5.41) is 7.97. The number of nitrogens with zero attached hydrogens (tertiary/aromatic N) is 4. The maximum atomic E-state index is 13.0. The van der Waals surface area contributed by atoms with Crippen LogP contribution >= 0.6 is 0 Å². The van der Waals surface area contributed by atoms with Crippen molar-refractivity contribution in [2.24, 2.45) is 5.14 Å². The molecule has 0 radical (unpaired) electrons. The van der Waals surface area contributed by atoms with Crippen molar-refractivity contribution in [3.05, 3.63) is 60.8 Å². The van der Waals surface area contributed by atoms with Crippen LogP contribution in [0.2, 0.25) is 0 Å². The summed E-state index contributed by atoms with van der Waals surface area (Å²) in [6.45, 7) is -2.63. The van der Waals surface area contributed by atoms with Crippen molar-refractivity contribution in [3.63, 3.8) is 0 Å². The third-order valence-corrected chi connectivity index (χ3v) is 5.87. The van der Waals surface area contributed by atoms with Gasteiger partial charge in [0.15, 0.2) is 11.6 Å². The van der Waals surface area contributed by atoms with Gasteiger partial charge in [0.2, 0.25) is 21.9 Å². The Balaban J connectivity index is 1.60. The number of hydrogen-bond acceptors (Lipinski definition) is 8. The highest BCUT2D eigenvalue weighted by atomic mass is 32.2. The van der Waals surface area contributed by atoms with Gasteiger partial charge in [0.1, 0.15) is 0 Å². The van der Waals surface area contributed by atoms with Gasteiger partial charge >= 0.3 is 6.61 Å². The number of rotatable bonds is 7. The Kier molecular flexibility index (Phi) is 6.56. The normalized spacial score (nSPS) is 14.4. The predicted molar refractivity (Wildman–Crippen MR) is 121 cm³/mol. The lowest BCUT2D eigenvalue weighted by molar-refractivity contribution is -0.117. The van der Waals surface area contributed by atoms with Crippen LogP contribution in [0.1, 0.15) is 0 Å². The molecule has 0 aliphatic carbocycles. The molecule has 1 fully saturated rings. The van der Waals surface area contributed by atoms with E-state index in [4.69, 9.17) is 5.14 Å². The molecule has 1 saturated heterocycles. The molecule has 0 unspecified atom stereocenters. The summed E-state index contributed by atoms with van der Waals surface area (Å²) < 4.78 is 53.7. The molecule has 1 amide bonds. The van der Waals surface area contributed by atoms with E-state index in [0.717, 1.165) is 11.9 Å². The van der Waals surface area contributed by atoms with Gasteiger partial charge in [0.05, 0.1) is 17.6 Å². The summed E-state index contributed by atoms with van der Waals surface area (Å²) in [5.74, 6) is -0.545. The lowest BCUT2D eigenvalue weighted by Gasteiger charge is -2.35. The van der Waals surface area contributed by atoms with E-state index in [1.54, 1.807) is 23.1 Å². The summed E-state index contributed by atoms with van der Waals surface area (Å²) in [6, 6.07) is 14.7. The van der Waals surface area contributed by atoms with Crippen LogP contribution in [-0.2, 0) is 14.8 Å². The van der Waals surface area contributed by atoms with Gasteiger partial charge in [-0.25, -0.2) is 18.5 Å². The Bertz CT molecular complexity index is 1290. The predicted octanol–water partition coefficient (Wildman–Crippen LogP) is 2.32. The molecule has 4 rings (SSSR count). The van der Waals surface area contributed by atoms with E-state index < -0.39 is 16.6 Å². The molecular formula is C21H20F2N6O4S. The van der Waals surface area contributed by atoms with Gasteiger partial charge in [0.25, 0.3) is 0 Å². The smallest absolute Gasteiger partial charge is 0.387 e. The highest BCUT2D eigenvalue weighted by Crippen LogP contribution is 2.31. The number of piperazine rings is 1.